The zero-order valence-corrected chi connectivity index (χ0v) is 17.4. The third-order valence-electron chi connectivity index (χ3n) is 5.18. The average Bonchev–Trinajstić information content (AvgIpc) is 2.76. The summed E-state index contributed by atoms with van der Waals surface area (Å²) in [6, 6.07) is 19.8. The second-order valence-corrected chi connectivity index (χ2v) is 7.75. The number of aliphatic hydroxyl groups is 2. The van der Waals surface area contributed by atoms with Crippen molar-refractivity contribution in [3.05, 3.63) is 71.8 Å². The molecule has 1 fully saturated rings. The van der Waals surface area contributed by atoms with Gasteiger partial charge in [0.05, 0.1) is 13.2 Å². The van der Waals surface area contributed by atoms with Crippen LogP contribution in [-0.2, 0) is 27.4 Å². The molecule has 6 heteroatoms. The molecule has 1 aliphatic heterocycles. The third kappa shape index (κ3) is 6.45. The van der Waals surface area contributed by atoms with E-state index in [1.165, 1.54) is 0 Å². The number of benzene rings is 2. The third-order valence-corrected chi connectivity index (χ3v) is 5.18. The predicted octanol–water partition coefficient (Wildman–Crippen LogP) is 2.52. The van der Waals surface area contributed by atoms with Gasteiger partial charge in [0.25, 0.3) is 0 Å². The molecule has 0 bridgehead atoms. The van der Waals surface area contributed by atoms with Crippen molar-refractivity contribution in [2.75, 3.05) is 13.2 Å². The lowest BCUT2D eigenvalue weighted by Crippen LogP contribution is -2.53. The van der Waals surface area contributed by atoms with E-state index >= 15 is 0 Å². The average molecular weight is 414 g/mol. The number of carbonyl (C=O) groups excluding carboxylic acids is 1. The highest BCUT2D eigenvalue weighted by Crippen LogP contribution is 2.20. The van der Waals surface area contributed by atoms with E-state index in [0.29, 0.717) is 19.5 Å². The van der Waals surface area contributed by atoms with Crippen LogP contribution >= 0.6 is 0 Å². The number of aliphatic hydroxyl groups excluding tert-OH is 2. The molecule has 0 spiro atoms. The van der Waals surface area contributed by atoms with Gasteiger partial charge in [-0.15, -0.1) is 0 Å². The molecule has 0 amide bonds. The van der Waals surface area contributed by atoms with Gasteiger partial charge >= 0.3 is 0 Å². The molecule has 1 heterocycles. The fourth-order valence-corrected chi connectivity index (χ4v) is 3.63. The Morgan fingerprint density at radius 2 is 1.63 bits per heavy atom. The SMILES string of the molecule is CCC[C@H]1OC[C@H](O)[C@H]([C@H](O)C(=O)CN(Cc2ccccc2)Cc2ccccc2)O1. The van der Waals surface area contributed by atoms with Crippen molar-refractivity contribution in [1.29, 1.82) is 0 Å². The largest absolute Gasteiger partial charge is 0.388 e. The van der Waals surface area contributed by atoms with E-state index in [1.807, 2.05) is 72.5 Å². The van der Waals surface area contributed by atoms with E-state index in [-0.39, 0.29) is 18.9 Å². The molecule has 2 aromatic carbocycles. The molecule has 162 valence electrons. The minimum Gasteiger partial charge on any atom is -0.388 e. The Morgan fingerprint density at radius 3 is 2.17 bits per heavy atom. The first-order valence-corrected chi connectivity index (χ1v) is 10.5. The molecule has 4 atom stereocenters. The standard InChI is InChI=1S/C24H31NO5/c1-2-9-22-29-17-21(27)24(30-22)23(28)20(26)16-25(14-18-10-5-3-6-11-18)15-19-12-7-4-8-13-19/h3-8,10-13,21-24,27-28H,2,9,14-17H2,1H3/t21-,22-,23+,24+/m0/s1. The van der Waals surface area contributed by atoms with E-state index in [4.69, 9.17) is 9.47 Å². The van der Waals surface area contributed by atoms with Crippen molar-refractivity contribution in [2.24, 2.45) is 0 Å². The molecule has 0 aromatic heterocycles. The molecule has 0 saturated carbocycles. The number of ketones is 1. The maximum Gasteiger partial charge on any atom is 0.177 e. The lowest BCUT2D eigenvalue weighted by Gasteiger charge is -2.36. The van der Waals surface area contributed by atoms with Crippen molar-refractivity contribution < 1.29 is 24.5 Å². The molecule has 1 saturated heterocycles. The summed E-state index contributed by atoms with van der Waals surface area (Å²) in [5.74, 6) is -0.372. The van der Waals surface area contributed by atoms with Crippen LogP contribution in [0.4, 0.5) is 0 Å². The fourth-order valence-electron chi connectivity index (χ4n) is 3.63. The number of hydrogen-bond acceptors (Lipinski definition) is 6. The van der Waals surface area contributed by atoms with Crippen molar-refractivity contribution in [1.82, 2.24) is 4.90 Å². The van der Waals surface area contributed by atoms with Crippen LogP contribution in [0.25, 0.3) is 0 Å². The highest BCUT2D eigenvalue weighted by molar-refractivity contribution is 5.85. The zero-order chi connectivity index (χ0) is 21.3. The highest BCUT2D eigenvalue weighted by atomic mass is 16.7. The van der Waals surface area contributed by atoms with Gasteiger partial charge in [-0.25, -0.2) is 0 Å². The van der Waals surface area contributed by atoms with Crippen LogP contribution in [-0.4, -0.2) is 58.6 Å². The zero-order valence-electron chi connectivity index (χ0n) is 17.4. The maximum absolute atomic E-state index is 12.9. The van der Waals surface area contributed by atoms with Crippen LogP contribution in [0.1, 0.15) is 30.9 Å². The Hall–Kier alpha value is -2.09. The van der Waals surface area contributed by atoms with E-state index < -0.39 is 24.6 Å². The molecule has 6 nitrogen and oxygen atoms in total. The van der Waals surface area contributed by atoms with Gasteiger partial charge in [-0.3, -0.25) is 9.69 Å². The Morgan fingerprint density at radius 1 is 1.07 bits per heavy atom. The fraction of sp³-hybridized carbons (Fsp3) is 0.458. The molecule has 3 rings (SSSR count). The van der Waals surface area contributed by atoms with Gasteiger partial charge in [-0.05, 0) is 17.5 Å². The second-order valence-electron chi connectivity index (χ2n) is 7.75. The maximum atomic E-state index is 12.9. The van der Waals surface area contributed by atoms with Crippen molar-refractivity contribution in [3.63, 3.8) is 0 Å². The number of ether oxygens (including phenoxy) is 2. The van der Waals surface area contributed by atoms with Gasteiger partial charge in [0.1, 0.15) is 18.3 Å². The number of carbonyl (C=O) groups is 1. The van der Waals surface area contributed by atoms with Crippen LogP contribution < -0.4 is 0 Å². The second kappa shape index (κ2) is 11.3. The molecular weight excluding hydrogens is 382 g/mol. The molecule has 2 aromatic rings. The molecule has 0 aliphatic carbocycles. The summed E-state index contributed by atoms with van der Waals surface area (Å²) in [6.07, 6.45) is -2.42. The van der Waals surface area contributed by atoms with Crippen molar-refractivity contribution in [2.45, 2.75) is 57.5 Å². The van der Waals surface area contributed by atoms with Crippen molar-refractivity contribution in [3.8, 4) is 0 Å². The molecule has 2 N–H and O–H groups in total. The van der Waals surface area contributed by atoms with Crippen molar-refractivity contribution >= 4 is 5.78 Å². The Balaban J connectivity index is 1.68. The first-order chi connectivity index (χ1) is 14.6. The van der Waals surface area contributed by atoms with Crippen LogP contribution in [0.5, 0.6) is 0 Å². The van der Waals surface area contributed by atoms with Gasteiger partial charge in [0, 0.05) is 13.1 Å². The summed E-state index contributed by atoms with van der Waals surface area (Å²) in [5.41, 5.74) is 2.17. The molecular formula is C24H31NO5. The van der Waals surface area contributed by atoms with E-state index in [0.717, 1.165) is 17.5 Å². The Labute approximate surface area is 178 Å². The Kier molecular flexibility index (Phi) is 8.54. The number of Topliss-reactive ketones (excluding diaryl/α,β-unsaturated/α-hetero) is 1. The summed E-state index contributed by atoms with van der Waals surface area (Å²) in [6.45, 7) is 3.25. The number of hydrogen-bond donors (Lipinski definition) is 2. The van der Waals surface area contributed by atoms with E-state index in [2.05, 4.69) is 0 Å². The summed E-state index contributed by atoms with van der Waals surface area (Å²) in [4.78, 5) is 14.9. The normalized spacial score (nSPS) is 22.7. The number of nitrogens with zero attached hydrogens (tertiary/aromatic N) is 1. The highest BCUT2D eigenvalue weighted by Gasteiger charge is 2.38. The smallest absolute Gasteiger partial charge is 0.177 e. The monoisotopic (exact) mass is 413 g/mol. The van der Waals surface area contributed by atoms with Gasteiger partial charge in [-0.2, -0.15) is 0 Å². The first kappa shape index (κ1) is 22.6. The summed E-state index contributed by atoms with van der Waals surface area (Å²) in [5, 5.41) is 20.9. The van der Waals surface area contributed by atoms with Crippen LogP contribution in [0.2, 0.25) is 0 Å². The minimum atomic E-state index is -1.41. The molecule has 30 heavy (non-hydrogen) atoms. The molecule has 0 unspecified atom stereocenters. The van der Waals surface area contributed by atoms with E-state index in [9.17, 15) is 15.0 Å². The first-order valence-electron chi connectivity index (χ1n) is 10.5. The van der Waals surface area contributed by atoms with Crippen LogP contribution in [0, 0.1) is 0 Å². The summed E-state index contributed by atoms with van der Waals surface area (Å²) < 4.78 is 11.1. The van der Waals surface area contributed by atoms with E-state index in [1.54, 1.807) is 0 Å². The number of rotatable bonds is 10. The summed E-state index contributed by atoms with van der Waals surface area (Å²) in [7, 11) is 0. The predicted molar refractivity (Wildman–Crippen MR) is 114 cm³/mol. The topological polar surface area (TPSA) is 79.2 Å². The molecule has 1 aliphatic rings. The van der Waals surface area contributed by atoms with Crippen LogP contribution in [0.15, 0.2) is 60.7 Å². The quantitative estimate of drug-likeness (QED) is 0.623. The lowest BCUT2D eigenvalue weighted by atomic mass is 10.0. The summed E-state index contributed by atoms with van der Waals surface area (Å²) >= 11 is 0. The van der Waals surface area contributed by atoms with Gasteiger partial charge < -0.3 is 19.7 Å². The van der Waals surface area contributed by atoms with Gasteiger partial charge in [-0.1, -0.05) is 74.0 Å². The Bertz CT molecular complexity index is 728. The lowest BCUT2D eigenvalue weighted by molar-refractivity contribution is -0.269. The minimum absolute atomic E-state index is 0.0524. The van der Waals surface area contributed by atoms with Gasteiger partial charge in [0.2, 0.25) is 0 Å². The van der Waals surface area contributed by atoms with Crippen LogP contribution in [0.3, 0.4) is 0 Å². The van der Waals surface area contributed by atoms with Gasteiger partial charge in [0.15, 0.2) is 12.1 Å². The molecule has 0 radical (unpaired) electrons.